The molecule has 1 N–H and O–H groups in total. The molecule has 1 atom stereocenters. The van der Waals surface area contributed by atoms with Crippen molar-refractivity contribution in [3.63, 3.8) is 0 Å². The van der Waals surface area contributed by atoms with Gasteiger partial charge >= 0.3 is 0 Å². The molecule has 1 rings (SSSR count). The van der Waals surface area contributed by atoms with E-state index in [1.54, 1.807) is 13.8 Å². The average molecular weight is 223 g/mol. The molecule has 2 nitrogen and oxygen atoms in total. The van der Waals surface area contributed by atoms with Gasteiger partial charge in [0, 0.05) is 11.6 Å². The molecule has 88 valence electrons. The summed E-state index contributed by atoms with van der Waals surface area (Å²) in [5, 5.41) is 2.85. The van der Waals surface area contributed by atoms with Crippen molar-refractivity contribution >= 4 is 11.6 Å². The fourth-order valence-electron chi connectivity index (χ4n) is 1.54. The second-order valence-electron chi connectivity index (χ2n) is 4.21. The number of hydrogen-bond donors (Lipinski definition) is 1. The third kappa shape index (κ3) is 2.81. The van der Waals surface area contributed by atoms with Crippen LogP contribution in [0.2, 0.25) is 0 Å². The smallest absolute Gasteiger partial charge is 0.227 e. The second-order valence-corrected chi connectivity index (χ2v) is 4.21. The number of halogens is 1. The van der Waals surface area contributed by atoms with Crippen molar-refractivity contribution in [2.24, 2.45) is 5.92 Å². The third-order valence-corrected chi connectivity index (χ3v) is 2.81. The van der Waals surface area contributed by atoms with Crippen LogP contribution in [-0.2, 0) is 4.79 Å². The minimum absolute atomic E-state index is 0.0136. The van der Waals surface area contributed by atoms with E-state index in [1.807, 2.05) is 13.8 Å². The third-order valence-electron chi connectivity index (χ3n) is 2.81. The first-order chi connectivity index (χ1) is 7.45. The average Bonchev–Trinajstić information content (AvgIpc) is 2.21. The number of amides is 1. The molecule has 0 saturated heterocycles. The standard InChI is InChI=1S/C13H18FNO/c1-5-8(2)13(16)15-12-9(3)6-11(14)7-10(12)4/h6-8H,5H2,1-4H3,(H,15,16). The van der Waals surface area contributed by atoms with Crippen LogP contribution >= 0.6 is 0 Å². The largest absolute Gasteiger partial charge is 0.325 e. The van der Waals surface area contributed by atoms with E-state index in [1.165, 1.54) is 12.1 Å². The van der Waals surface area contributed by atoms with Gasteiger partial charge in [0.2, 0.25) is 5.91 Å². The van der Waals surface area contributed by atoms with E-state index in [0.717, 1.165) is 23.2 Å². The molecule has 0 aliphatic rings. The highest BCUT2D eigenvalue weighted by atomic mass is 19.1. The molecule has 0 aliphatic heterocycles. The number of anilines is 1. The van der Waals surface area contributed by atoms with Gasteiger partial charge in [-0.25, -0.2) is 4.39 Å². The summed E-state index contributed by atoms with van der Waals surface area (Å²) in [4.78, 5) is 11.7. The van der Waals surface area contributed by atoms with Crippen LogP contribution in [-0.4, -0.2) is 5.91 Å². The molecule has 0 saturated carbocycles. The molecule has 0 radical (unpaired) electrons. The lowest BCUT2D eigenvalue weighted by atomic mass is 10.1. The van der Waals surface area contributed by atoms with Gasteiger partial charge in [0.25, 0.3) is 0 Å². The van der Waals surface area contributed by atoms with Gasteiger partial charge in [-0.2, -0.15) is 0 Å². The van der Waals surface area contributed by atoms with Crippen LogP contribution in [0, 0.1) is 25.6 Å². The molecule has 0 fully saturated rings. The summed E-state index contributed by atoms with van der Waals surface area (Å²) in [6.45, 7) is 7.43. The van der Waals surface area contributed by atoms with Crippen molar-refractivity contribution in [3.05, 3.63) is 29.1 Å². The number of hydrogen-bond acceptors (Lipinski definition) is 1. The Morgan fingerprint density at radius 3 is 2.31 bits per heavy atom. The van der Waals surface area contributed by atoms with Crippen molar-refractivity contribution in [1.82, 2.24) is 0 Å². The molecule has 0 bridgehead atoms. The zero-order valence-electron chi connectivity index (χ0n) is 10.2. The first-order valence-corrected chi connectivity index (χ1v) is 5.53. The molecule has 0 aliphatic carbocycles. The molecule has 3 heteroatoms. The summed E-state index contributed by atoms with van der Waals surface area (Å²) in [6.07, 6.45) is 0.797. The Morgan fingerprint density at radius 2 is 1.88 bits per heavy atom. The van der Waals surface area contributed by atoms with Gasteiger partial charge in [-0.15, -0.1) is 0 Å². The Bertz CT molecular complexity index is 378. The van der Waals surface area contributed by atoms with Crippen LogP contribution in [0.5, 0.6) is 0 Å². The Labute approximate surface area is 95.9 Å². The number of carbonyl (C=O) groups excluding carboxylic acids is 1. The number of nitrogens with one attached hydrogen (secondary N) is 1. The second kappa shape index (κ2) is 5.10. The van der Waals surface area contributed by atoms with Crippen molar-refractivity contribution < 1.29 is 9.18 Å². The summed E-state index contributed by atoms with van der Waals surface area (Å²) in [6, 6.07) is 2.86. The normalized spacial score (nSPS) is 12.3. The SMILES string of the molecule is CCC(C)C(=O)Nc1c(C)cc(F)cc1C. The maximum Gasteiger partial charge on any atom is 0.227 e. The molecule has 1 amide bonds. The Hall–Kier alpha value is -1.38. The summed E-state index contributed by atoms with van der Waals surface area (Å²) < 4.78 is 13.1. The number of benzene rings is 1. The van der Waals surface area contributed by atoms with Crippen molar-refractivity contribution in [2.45, 2.75) is 34.1 Å². The van der Waals surface area contributed by atoms with E-state index >= 15 is 0 Å². The molecule has 16 heavy (non-hydrogen) atoms. The molecular formula is C13H18FNO. The van der Waals surface area contributed by atoms with Gasteiger partial charge in [-0.3, -0.25) is 4.79 Å². The van der Waals surface area contributed by atoms with E-state index in [9.17, 15) is 9.18 Å². The summed E-state index contributed by atoms with van der Waals surface area (Å²) in [5.74, 6) is -0.305. The van der Waals surface area contributed by atoms with Crippen LogP contribution in [0.4, 0.5) is 10.1 Å². The van der Waals surface area contributed by atoms with E-state index in [-0.39, 0.29) is 17.6 Å². The number of carbonyl (C=O) groups is 1. The lowest BCUT2D eigenvalue weighted by Crippen LogP contribution is -2.20. The van der Waals surface area contributed by atoms with E-state index in [2.05, 4.69) is 5.32 Å². The summed E-state index contributed by atoms with van der Waals surface area (Å²) in [5.41, 5.74) is 2.25. The summed E-state index contributed by atoms with van der Waals surface area (Å²) in [7, 11) is 0. The van der Waals surface area contributed by atoms with Crippen LogP contribution in [0.3, 0.4) is 0 Å². The van der Waals surface area contributed by atoms with Crippen LogP contribution in [0.25, 0.3) is 0 Å². The molecule has 1 aromatic rings. The first kappa shape index (κ1) is 12.7. The van der Waals surface area contributed by atoms with Gasteiger partial charge in [-0.05, 0) is 43.5 Å². The van der Waals surface area contributed by atoms with Crippen molar-refractivity contribution in [3.8, 4) is 0 Å². The Balaban J connectivity index is 2.93. The molecule has 1 aromatic carbocycles. The van der Waals surface area contributed by atoms with Gasteiger partial charge in [0.15, 0.2) is 0 Å². The highest BCUT2D eigenvalue weighted by Gasteiger charge is 2.13. The van der Waals surface area contributed by atoms with Gasteiger partial charge in [-0.1, -0.05) is 13.8 Å². The molecule has 1 unspecified atom stereocenters. The monoisotopic (exact) mass is 223 g/mol. The van der Waals surface area contributed by atoms with E-state index < -0.39 is 0 Å². The first-order valence-electron chi connectivity index (χ1n) is 5.53. The van der Waals surface area contributed by atoms with Crippen LogP contribution in [0.15, 0.2) is 12.1 Å². The lowest BCUT2D eigenvalue weighted by Gasteiger charge is -2.14. The highest BCUT2D eigenvalue weighted by Crippen LogP contribution is 2.22. The Morgan fingerprint density at radius 1 is 1.38 bits per heavy atom. The number of aryl methyl sites for hydroxylation is 2. The molecular weight excluding hydrogens is 205 g/mol. The molecule has 0 heterocycles. The predicted molar refractivity (Wildman–Crippen MR) is 64.0 cm³/mol. The Kier molecular flexibility index (Phi) is 4.05. The maximum absolute atomic E-state index is 13.1. The molecule has 0 spiro atoms. The topological polar surface area (TPSA) is 29.1 Å². The van der Waals surface area contributed by atoms with E-state index in [4.69, 9.17) is 0 Å². The fraction of sp³-hybridized carbons (Fsp3) is 0.462. The lowest BCUT2D eigenvalue weighted by molar-refractivity contribution is -0.119. The zero-order chi connectivity index (χ0) is 12.3. The zero-order valence-corrected chi connectivity index (χ0v) is 10.2. The van der Waals surface area contributed by atoms with Crippen molar-refractivity contribution in [2.75, 3.05) is 5.32 Å². The minimum Gasteiger partial charge on any atom is -0.325 e. The highest BCUT2D eigenvalue weighted by molar-refractivity contribution is 5.93. The fourth-order valence-corrected chi connectivity index (χ4v) is 1.54. The molecule has 0 aromatic heterocycles. The summed E-state index contributed by atoms with van der Waals surface area (Å²) >= 11 is 0. The predicted octanol–water partition coefficient (Wildman–Crippen LogP) is 3.43. The quantitative estimate of drug-likeness (QED) is 0.835. The van der Waals surface area contributed by atoms with Crippen LogP contribution in [0.1, 0.15) is 31.4 Å². The number of rotatable bonds is 3. The van der Waals surface area contributed by atoms with Crippen molar-refractivity contribution in [1.29, 1.82) is 0 Å². The van der Waals surface area contributed by atoms with Gasteiger partial charge in [0.05, 0.1) is 0 Å². The maximum atomic E-state index is 13.1. The van der Waals surface area contributed by atoms with Gasteiger partial charge in [0.1, 0.15) is 5.82 Å². The van der Waals surface area contributed by atoms with Crippen LogP contribution < -0.4 is 5.32 Å². The van der Waals surface area contributed by atoms with E-state index in [0.29, 0.717) is 0 Å². The van der Waals surface area contributed by atoms with Gasteiger partial charge < -0.3 is 5.32 Å². The minimum atomic E-state index is -0.267.